The van der Waals surface area contributed by atoms with E-state index in [0.29, 0.717) is 5.92 Å². The van der Waals surface area contributed by atoms with Crippen LogP contribution in [0.15, 0.2) is 23.7 Å². The smallest absolute Gasteiger partial charge is 0.203 e. The highest BCUT2D eigenvalue weighted by Gasteiger charge is 2.06. The molecule has 0 atom stereocenters. The summed E-state index contributed by atoms with van der Waals surface area (Å²) in [7, 11) is 0. The molecule has 17 heavy (non-hydrogen) atoms. The number of aromatic nitrogens is 2. The molecule has 92 valence electrons. The predicted octanol–water partition coefficient (Wildman–Crippen LogP) is 3.37. The van der Waals surface area contributed by atoms with E-state index in [9.17, 15) is 0 Å². The van der Waals surface area contributed by atoms with Gasteiger partial charge in [0.25, 0.3) is 0 Å². The largest absolute Gasteiger partial charge is 0.355 e. The third-order valence-electron chi connectivity index (χ3n) is 2.47. The van der Waals surface area contributed by atoms with Gasteiger partial charge in [0, 0.05) is 17.6 Å². The highest BCUT2D eigenvalue weighted by molar-refractivity contribution is 7.09. The Kier molecular flexibility index (Phi) is 3.84. The molecule has 2 rings (SSSR count). The van der Waals surface area contributed by atoms with Gasteiger partial charge in [-0.15, -0.1) is 11.3 Å². The zero-order chi connectivity index (χ0) is 12.3. The molecule has 0 aliphatic carbocycles. The van der Waals surface area contributed by atoms with Gasteiger partial charge in [0.2, 0.25) is 5.95 Å². The van der Waals surface area contributed by atoms with Crippen molar-refractivity contribution >= 4 is 17.3 Å². The molecule has 2 aromatic rings. The van der Waals surface area contributed by atoms with Crippen LogP contribution in [0.3, 0.4) is 0 Å². The number of rotatable bonds is 5. The lowest BCUT2D eigenvalue weighted by Gasteiger charge is -2.10. The molecule has 2 aromatic heterocycles. The maximum Gasteiger partial charge on any atom is 0.203 e. The summed E-state index contributed by atoms with van der Waals surface area (Å²) in [5, 5.41) is 5.51. The number of hydrogen-bond donors (Lipinski definition) is 1. The molecule has 0 fully saturated rings. The van der Waals surface area contributed by atoms with E-state index in [1.165, 1.54) is 4.88 Å². The summed E-state index contributed by atoms with van der Waals surface area (Å²) in [5.41, 5.74) is 1.06. The van der Waals surface area contributed by atoms with Gasteiger partial charge in [0.15, 0.2) is 0 Å². The lowest BCUT2D eigenvalue weighted by atomic mass is 10.2. The topological polar surface area (TPSA) is 29.9 Å². The summed E-state index contributed by atoms with van der Waals surface area (Å²) >= 11 is 1.78. The minimum absolute atomic E-state index is 0.627. The number of imidazole rings is 1. The second-order valence-corrected chi connectivity index (χ2v) is 5.72. The van der Waals surface area contributed by atoms with Gasteiger partial charge in [0.05, 0.1) is 12.2 Å². The highest BCUT2D eigenvalue weighted by atomic mass is 32.1. The number of nitrogens with zero attached hydrogens (tertiary/aromatic N) is 2. The van der Waals surface area contributed by atoms with Crippen molar-refractivity contribution in [3.8, 4) is 0 Å². The minimum Gasteiger partial charge on any atom is -0.355 e. The van der Waals surface area contributed by atoms with Crippen LogP contribution in [-0.4, -0.2) is 16.1 Å². The van der Waals surface area contributed by atoms with E-state index >= 15 is 0 Å². The van der Waals surface area contributed by atoms with Crippen molar-refractivity contribution in [2.24, 2.45) is 5.92 Å². The number of thiophene rings is 1. The molecule has 0 bridgehead atoms. The van der Waals surface area contributed by atoms with E-state index in [-0.39, 0.29) is 0 Å². The maximum absolute atomic E-state index is 4.52. The Morgan fingerprint density at radius 3 is 2.94 bits per heavy atom. The second kappa shape index (κ2) is 5.36. The van der Waals surface area contributed by atoms with Crippen LogP contribution in [0.25, 0.3) is 0 Å². The average Bonchev–Trinajstić information content (AvgIpc) is 2.86. The Hall–Kier alpha value is -1.29. The van der Waals surface area contributed by atoms with Gasteiger partial charge >= 0.3 is 0 Å². The van der Waals surface area contributed by atoms with Gasteiger partial charge in [-0.3, -0.25) is 0 Å². The molecule has 3 nitrogen and oxygen atoms in total. The standard InChI is InChI=1S/C13H19N3S/c1-10(2)7-14-13-15-11(3)8-16(13)9-12-5-4-6-17-12/h4-6,8,10H,7,9H2,1-3H3,(H,14,15). The van der Waals surface area contributed by atoms with E-state index in [2.05, 4.69) is 52.4 Å². The van der Waals surface area contributed by atoms with Crippen LogP contribution in [0.5, 0.6) is 0 Å². The first-order valence-electron chi connectivity index (χ1n) is 5.95. The molecule has 0 amide bonds. The molecule has 0 saturated carbocycles. The van der Waals surface area contributed by atoms with Crippen LogP contribution in [0, 0.1) is 12.8 Å². The molecule has 0 saturated heterocycles. The van der Waals surface area contributed by atoms with Crippen LogP contribution in [-0.2, 0) is 6.54 Å². The van der Waals surface area contributed by atoms with Crippen LogP contribution < -0.4 is 5.32 Å². The summed E-state index contributed by atoms with van der Waals surface area (Å²) in [5.74, 6) is 1.60. The highest BCUT2D eigenvalue weighted by Crippen LogP contribution is 2.15. The van der Waals surface area contributed by atoms with Gasteiger partial charge in [-0.25, -0.2) is 4.98 Å². The fourth-order valence-corrected chi connectivity index (χ4v) is 2.38. The lowest BCUT2D eigenvalue weighted by molar-refractivity contribution is 0.677. The summed E-state index contributed by atoms with van der Waals surface area (Å²) in [6.07, 6.45) is 2.10. The van der Waals surface area contributed by atoms with Crippen LogP contribution in [0.2, 0.25) is 0 Å². The second-order valence-electron chi connectivity index (χ2n) is 4.69. The number of hydrogen-bond acceptors (Lipinski definition) is 3. The summed E-state index contributed by atoms with van der Waals surface area (Å²) < 4.78 is 2.18. The van der Waals surface area contributed by atoms with Crippen LogP contribution in [0.4, 0.5) is 5.95 Å². The van der Waals surface area contributed by atoms with Crippen molar-refractivity contribution in [3.05, 3.63) is 34.3 Å². The van der Waals surface area contributed by atoms with Gasteiger partial charge in [-0.05, 0) is 24.3 Å². The maximum atomic E-state index is 4.52. The van der Waals surface area contributed by atoms with E-state index in [1.54, 1.807) is 11.3 Å². The first-order valence-corrected chi connectivity index (χ1v) is 6.83. The molecule has 0 aliphatic heterocycles. The SMILES string of the molecule is Cc1cn(Cc2cccs2)c(NCC(C)C)n1. The molecule has 4 heteroatoms. The first-order chi connectivity index (χ1) is 8.15. The third-order valence-corrected chi connectivity index (χ3v) is 3.33. The van der Waals surface area contributed by atoms with E-state index in [0.717, 1.165) is 24.7 Å². The monoisotopic (exact) mass is 249 g/mol. The van der Waals surface area contributed by atoms with Gasteiger partial charge in [-0.2, -0.15) is 0 Å². The Morgan fingerprint density at radius 2 is 2.29 bits per heavy atom. The molecular formula is C13H19N3S. The zero-order valence-electron chi connectivity index (χ0n) is 10.6. The molecule has 0 radical (unpaired) electrons. The van der Waals surface area contributed by atoms with Crippen molar-refractivity contribution in [2.45, 2.75) is 27.3 Å². The lowest BCUT2D eigenvalue weighted by Crippen LogP contribution is -2.12. The van der Waals surface area contributed by atoms with Crippen molar-refractivity contribution in [2.75, 3.05) is 11.9 Å². The Morgan fingerprint density at radius 1 is 1.47 bits per heavy atom. The first kappa shape index (κ1) is 12.2. The van der Waals surface area contributed by atoms with Crippen LogP contribution in [0.1, 0.15) is 24.4 Å². The molecule has 0 spiro atoms. The fourth-order valence-electron chi connectivity index (χ4n) is 1.67. The summed E-state index contributed by atoms with van der Waals surface area (Å²) in [6.45, 7) is 8.30. The Balaban J connectivity index is 2.10. The van der Waals surface area contributed by atoms with Crippen molar-refractivity contribution in [1.29, 1.82) is 0 Å². The Bertz CT molecular complexity index is 457. The quantitative estimate of drug-likeness (QED) is 0.880. The van der Waals surface area contributed by atoms with E-state index < -0.39 is 0 Å². The minimum atomic E-state index is 0.627. The summed E-state index contributed by atoms with van der Waals surface area (Å²) in [6, 6.07) is 4.25. The third kappa shape index (κ3) is 3.33. The molecule has 0 aromatic carbocycles. The van der Waals surface area contributed by atoms with Crippen molar-refractivity contribution in [3.63, 3.8) is 0 Å². The predicted molar refractivity (Wildman–Crippen MR) is 73.7 cm³/mol. The van der Waals surface area contributed by atoms with Crippen molar-refractivity contribution in [1.82, 2.24) is 9.55 Å². The Labute approximate surface area is 107 Å². The van der Waals surface area contributed by atoms with Crippen LogP contribution >= 0.6 is 11.3 Å². The number of anilines is 1. The zero-order valence-corrected chi connectivity index (χ0v) is 11.4. The van der Waals surface area contributed by atoms with Gasteiger partial charge in [0.1, 0.15) is 0 Å². The number of aryl methyl sites for hydroxylation is 1. The number of nitrogens with one attached hydrogen (secondary N) is 1. The average molecular weight is 249 g/mol. The normalized spacial score (nSPS) is 11.1. The van der Waals surface area contributed by atoms with Gasteiger partial charge in [-0.1, -0.05) is 19.9 Å². The molecule has 1 N–H and O–H groups in total. The molecule has 0 unspecified atom stereocenters. The molecule has 2 heterocycles. The van der Waals surface area contributed by atoms with E-state index in [1.807, 2.05) is 6.92 Å². The van der Waals surface area contributed by atoms with Gasteiger partial charge < -0.3 is 9.88 Å². The summed E-state index contributed by atoms with van der Waals surface area (Å²) in [4.78, 5) is 5.88. The molecule has 0 aliphatic rings. The van der Waals surface area contributed by atoms with E-state index in [4.69, 9.17) is 0 Å². The van der Waals surface area contributed by atoms with Crippen molar-refractivity contribution < 1.29 is 0 Å². The molecular weight excluding hydrogens is 230 g/mol. The fraction of sp³-hybridized carbons (Fsp3) is 0.462.